The summed E-state index contributed by atoms with van der Waals surface area (Å²) >= 11 is 0. The van der Waals surface area contributed by atoms with Gasteiger partial charge in [-0.2, -0.15) is 0 Å². The SMILES string of the molecule is C=C[C@@H](c1ccco1)[C@@](C)(C(=O)OCC)C(=O)c1ccccc1. The van der Waals surface area contributed by atoms with Gasteiger partial charge in [-0.15, -0.1) is 6.58 Å². The molecular weight excluding hydrogens is 292 g/mol. The van der Waals surface area contributed by atoms with Crippen molar-refractivity contribution < 1.29 is 18.7 Å². The van der Waals surface area contributed by atoms with Gasteiger partial charge in [0.1, 0.15) is 11.2 Å². The van der Waals surface area contributed by atoms with Crippen LogP contribution in [0.3, 0.4) is 0 Å². The normalized spacial score (nSPS) is 14.5. The fourth-order valence-electron chi connectivity index (χ4n) is 2.64. The second kappa shape index (κ2) is 7.09. The van der Waals surface area contributed by atoms with Gasteiger partial charge in [0.2, 0.25) is 0 Å². The Morgan fingerprint density at radius 3 is 2.48 bits per heavy atom. The highest BCUT2D eigenvalue weighted by Crippen LogP contribution is 2.41. The van der Waals surface area contributed by atoms with Crippen LogP contribution >= 0.6 is 0 Å². The largest absolute Gasteiger partial charge is 0.469 e. The second-order valence-electron chi connectivity index (χ2n) is 5.35. The van der Waals surface area contributed by atoms with Gasteiger partial charge in [-0.1, -0.05) is 36.4 Å². The van der Waals surface area contributed by atoms with Crippen molar-refractivity contribution in [2.24, 2.45) is 5.41 Å². The van der Waals surface area contributed by atoms with Gasteiger partial charge in [0.05, 0.1) is 18.8 Å². The number of ether oxygens (including phenoxy) is 1. The quantitative estimate of drug-likeness (QED) is 0.335. The highest BCUT2D eigenvalue weighted by molar-refractivity contribution is 6.13. The number of rotatable bonds is 7. The number of benzene rings is 1. The summed E-state index contributed by atoms with van der Waals surface area (Å²) in [6.45, 7) is 7.26. The highest BCUT2D eigenvalue weighted by atomic mass is 16.5. The zero-order chi connectivity index (χ0) is 16.9. The topological polar surface area (TPSA) is 56.5 Å². The van der Waals surface area contributed by atoms with Crippen molar-refractivity contribution >= 4 is 11.8 Å². The number of hydrogen-bond donors (Lipinski definition) is 0. The zero-order valence-electron chi connectivity index (χ0n) is 13.3. The molecule has 120 valence electrons. The average Bonchev–Trinajstić information content (AvgIpc) is 3.09. The van der Waals surface area contributed by atoms with Gasteiger partial charge >= 0.3 is 5.97 Å². The lowest BCUT2D eigenvalue weighted by Crippen LogP contribution is -2.42. The molecule has 0 aliphatic heterocycles. The number of ketones is 1. The van der Waals surface area contributed by atoms with Crippen molar-refractivity contribution in [3.63, 3.8) is 0 Å². The van der Waals surface area contributed by atoms with E-state index in [4.69, 9.17) is 9.15 Å². The van der Waals surface area contributed by atoms with Gasteiger partial charge in [-0.05, 0) is 26.0 Å². The van der Waals surface area contributed by atoms with E-state index in [2.05, 4.69) is 6.58 Å². The summed E-state index contributed by atoms with van der Waals surface area (Å²) in [5.41, 5.74) is -1.00. The third kappa shape index (κ3) is 3.11. The third-order valence-corrected chi connectivity index (χ3v) is 3.91. The van der Waals surface area contributed by atoms with Crippen molar-refractivity contribution in [2.75, 3.05) is 6.61 Å². The predicted octanol–water partition coefficient (Wildman–Crippen LogP) is 4.00. The molecule has 0 radical (unpaired) electrons. The van der Waals surface area contributed by atoms with Crippen LogP contribution in [0.2, 0.25) is 0 Å². The van der Waals surface area contributed by atoms with E-state index in [0.717, 1.165) is 0 Å². The molecule has 0 bridgehead atoms. The molecule has 0 fully saturated rings. The summed E-state index contributed by atoms with van der Waals surface area (Å²) in [6, 6.07) is 12.1. The first-order valence-electron chi connectivity index (χ1n) is 7.48. The molecule has 0 aliphatic carbocycles. The van der Waals surface area contributed by atoms with E-state index in [0.29, 0.717) is 11.3 Å². The highest BCUT2D eigenvalue weighted by Gasteiger charge is 2.50. The van der Waals surface area contributed by atoms with Crippen LogP contribution < -0.4 is 0 Å². The number of carbonyl (C=O) groups excluding carboxylic acids is 2. The smallest absolute Gasteiger partial charge is 0.320 e. The average molecular weight is 312 g/mol. The van der Waals surface area contributed by atoms with Crippen LogP contribution in [0.25, 0.3) is 0 Å². The Balaban J connectivity index is 2.54. The van der Waals surface area contributed by atoms with Crippen molar-refractivity contribution in [3.8, 4) is 0 Å². The van der Waals surface area contributed by atoms with E-state index in [9.17, 15) is 9.59 Å². The number of Topliss-reactive ketones (excluding diaryl/α,β-unsaturated/α-hetero) is 1. The van der Waals surface area contributed by atoms with E-state index in [1.165, 1.54) is 6.26 Å². The van der Waals surface area contributed by atoms with Crippen molar-refractivity contribution in [2.45, 2.75) is 19.8 Å². The van der Waals surface area contributed by atoms with Crippen molar-refractivity contribution in [3.05, 3.63) is 72.7 Å². The molecule has 23 heavy (non-hydrogen) atoms. The molecule has 2 rings (SSSR count). The van der Waals surface area contributed by atoms with Crippen LogP contribution in [0.5, 0.6) is 0 Å². The summed E-state index contributed by atoms with van der Waals surface area (Å²) < 4.78 is 10.6. The van der Waals surface area contributed by atoms with Crippen LogP contribution in [0.1, 0.15) is 35.9 Å². The molecule has 4 heteroatoms. The summed E-state index contributed by atoms with van der Waals surface area (Å²) in [4.78, 5) is 25.7. The molecule has 0 N–H and O–H groups in total. The lowest BCUT2D eigenvalue weighted by molar-refractivity contribution is -0.152. The molecule has 2 atom stereocenters. The zero-order valence-corrected chi connectivity index (χ0v) is 13.3. The first-order chi connectivity index (χ1) is 11.1. The van der Waals surface area contributed by atoms with E-state index in [1.54, 1.807) is 56.3 Å². The molecule has 1 heterocycles. The van der Waals surface area contributed by atoms with Crippen LogP contribution in [-0.2, 0) is 9.53 Å². The molecule has 2 aromatic rings. The van der Waals surface area contributed by atoms with E-state index in [1.807, 2.05) is 6.07 Å². The van der Waals surface area contributed by atoms with Gasteiger partial charge in [0.25, 0.3) is 0 Å². The molecule has 4 nitrogen and oxygen atoms in total. The molecular formula is C19H20O4. The fraction of sp³-hybridized carbons (Fsp3) is 0.263. The van der Waals surface area contributed by atoms with Crippen LogP contribution in [0.15, 0.2) is 65.8 Å². The van der Waals surface area contributed by atoms with Crippen molar-refractivity contribution in [1.29, 1.82) is 0 Å². The summed E-state index contributed by atoms with van der Waals surface area (Å²) in [5.74, 6) is -1.03. The standard InChI is InChI=1S/C19H20O4/c1-4-15(16-12-9-13-23-16)19(3,18(21)22-5-2)17(20)14-10-7-6-8-11-14/h4,6-13,15H,1,5H2,2-3H3/t15-,19+/m0/s1. The van der Waals surface area contributed by atoms with Crippen LogP contribution in [-0.4, -0.2) is 18.4 Å². The minimum atomic E-state index is -1.45. The lowest BCUT2D eigenvalue weighted by atomic mass is 9.70. The fourth-order valence-corrected chi connectivity index (χ4v) is 2.64. The Morgan fingerprint density at radius 1 is 1.26 bits per heavy atom. The molecule has 1 aromatic carbocycles. The Labute approximate surface area is 135 Å². The molecule has 0 saturated carbocycles. The van der Waals surface area contributed by atoms with Gasteiger partial charge in [0, 0.05) is 5.56 Å². The Bertz CT molecular complexity index is 673. The first kappa shape index (κ1) is 16.7. The summed E-state index contributed by atoms with van der Waals surface area (Å²) in [6.07, 6.45) is 3.06. The van der Waals surface area contributed by atoms with Gasteiger partial charge in [-0.25, -0.2) is 0 Å². The van der Waals surface area contributed by atoms with Crippen molar-refractivity contribution in [1.82, 2.24) is 0 Å². The Hall–Kier alpha value is -2.62. The Morgan fingerprint density at radius 2 is 1.96 bits per heavy atom. The summed E-state index contributed by atoms with van der Waals surface area (Å²) in [5, 5.41) is 0. The number of carbonyl (C=O) groups is 2. The molecule has 0 saturated heterocycles. The lowest BCUT2D eigenvalue weighted by Gasteiger charge is -2.31. The van der Waals surface area contributed by atoms with Gasteiger partial charge in [0.15, 0.2) is 5.78 Å². The maximum atomic E-state index is 13.1. The van der Waals surface area contributed by atoms with Crippen LogP contribution in [0.4, 0.5) is 0 Å². The summed E-state index contributed by atoms with van der Waals surface area (Å²) in [7, 11) is 0. The number of esters is 1. The Kier molecular flexibility index (Phi) is 5.16. The monoisotopic (exact) mass is 312 g/mol. The second-order valence-corrected chi connectivity index (χ2v) is 5.35. The number of furan rings is 1. The van der Waals surface area contributed by atoms with E-state index < -0.39 is 17.3 Å². The number of allylic oxidation sites excluding steroid dienone is 1. The molecule has 0 unspecified atom stereocenters. The minimum absolute atomic E-state index is 0.193. The maximum absolute atomic E-state index is 13.1. The van der Waals surface area contributed by atoms with E-state index in [-0.39, 0.29) is 12.4 Å². The first-order valence-corrected chi connectivity index (χ1v) is 7.48. The molecule has 1 aromatic heterocycles. The molecule has 0 aliphatic rings. The number of hydrogen-bond acceptors (Lipinski definition) is 4. The van der Waals surface area contributed by atoms with Gasteiger partial charge in [-0.3, -0.25) is 9.59 Å². The van der Waals surface area contributed by atoms with E-state index >= 15 is 0 Å². The third-order valence-electron chi connectivity index (χ3n) is 3.91. The van der Waals surface area contributed by atoms with Gasteiger partial charge < -0.3 is 9.15 Å². The van der Waals surface area contributed by atoms with Crippen LogP contribution in [0, 0.1) is 5.41 Å². The predicted molar refractivity (Wildman–Crippen MR) is 87.2 cm³/mol. The molecule has 0 amide bonds. The maximum Gasteiger partial charge on any atom is 0.320 e. The minimum Gasteiger partial charge on any atom is -0.469 e. The molecule has 0 spiro atoms.